The van der Waals surface area contributed by atoms with Gasteiger partial charge in [-0.2, -0.15) is 11.8 Å². The molecule has 0 saturated heterocycles. The van der Waals surface area contributed by atoms with Crippen molar-refractivity contribution in [3.8, 4) is 0 Å². The van der Waals surface area contributed by atoms with E-state index in [4.69, 9.17) is 0 Å². The van der Waals surface area contributed by atoms with Gasteiger partial charge in [-0.15, -0.1) is 0 Å². The van der Waals surface area contributed by atoms with Crippen molar-refractivity contribution in [2.24, 2.45) is 5.41 Å². The second-order valence-electron chi connectivity index (χ2n) is 4.97. The molecule has 1 aliphatic carbocycles. The fourth-order valence-corrected chi connectivity index (χ4v) is 3.28. The van der Waals surface area contributed by atoms with E-state index in [2.05, 4.69) is 30.6 Å². The van der Waals surface area contributed by atoms with Gasteiger partial charge in [0.1, 0.15) is 0 Å². The molecule has 0 aromatic rings. The van der Waals surface area contributed by atoms with E-state index in [0.717, 1.165) is 0 Å². The van der Waals surface area contributed by atoms with Crippen LogP contribution in [0.2, 0.25) is 0 Å². The van der Waals surface area contributed by atoms with Crippen LogP contribution in [0.15, 0.2) is 0 Å². The highest BCUT2D eigenvalue weighted by Crippen LogP contribution is 2.37. The van der Waals surface area contributed by atoms with Crippen LogP contribution < -0.4 is 5.32 Å². The van der Waals surface area contributed by atoms with Crippen molar-refractivity contribution in [3.63, 3.8) is 0 Å². The minimum Gasteiger partial charge on any atom is -0.319 e. The van der Waals surface area contributed by atoms with Gasteiger partial charge >= 0.3 is 0 Å². The Kier molecular flexibility index (Phi) is 6.02. The molecular formula is C12H26N2S. The largest absolute Gasteiger partial charge is 0.319 e. The normalized spacial score (nSPS) is 20.0. The molecule has 15 heavy (non-hydrogen) atoms. The van der Waals surface area contributed by atoms with E-state index in [1.165, 1.54) is 51.1 Å². The molecule has 0 spiro atoms. The van der Waals surface area contributed by atoms with Crippen LogP contribution in [0, 0.1) is 5.41 Å². The summed E-state index contributed by atoms with van der Waals surface area (Å²) in [5.74, 6) is 1.26. The SMILES string of the molecule is CNCC1(CN(C)CCSC)CCCC1. The Balaban J connectivity index is 2.36. The summed E-state index contributed by atoms with van der Waals surface area (Å²) in [6.07, 6.45) is 7.87. The Labute approximate surface area is 99.2 Å². The fourth-order valence-electron chi connectivity index (χ4n) is 2.79. The molecule has 0 unspecified atom stereocenters. The third-order valence-electron chi connectivity index (χ3n) is 3.50. The minimum absolute atomic E-state index is 0.571. The van der Waals surface area contributed by atoms with E-state index < -0.39 is 0 Å². The molecule has 1 rings (SSSR count). The van der Waals surface area contributed by atoms with E-state index in [-0.39, 0.29) is 0 Å². The van der Waals surface area contributed by atoms with Crippen LogP contribution in [-0.4, -0.2) is 50.6 Å². The van der Waals surface area contributed by atoms with Crippen LogP contribution in [0.3, 0.4) is 0 Å². The van der Waals surface area contributed by atoms with E-state index in [0.29, 0.717) is 5.41 Å². The van der Waals surface area contributed by atoms with Crippen molar-refractivity contribution >= 4 is 11.8 Å². The maximum Gasteiger partial charge on any atom is 0.00694 e. The first-order chi connectivity index (χ1) is 7.22. The fraction of sp³-hybridized carbons (Fsp3) is 1.00. The van der Waals surface area contributed by atoms with Gasteiger partial charge < -0.3 is 10.2 Å². The summed E-state index contributed by atoms with van der Waals surface area (Å²) in [5.41, 5.74) is 0.571. The zero-order valence-corrected chi connectivity index (χ0v) is 11.3. The van der Waals surface area contributed by atoms with E-state index in [1.807, 2.05) is 11.8 Å². The molecule has 1 fully saturated rings. The highest BCUT2D eigenvalue weighted by Gasteiger charge is 2.33. The zero-order valence-electron chi connectivity index (χ0n) is 10.5. The molecule has 0 radical (unpaired) electrons. The molecule has 1 saturated carbocycles. The first-order valence-corrected chi connectivity index (χ1v) is 7.44. The first kappa shape index (κ1) is 13.3. The lowest BCUT2D eigenvalue weighted by Gasteiger charge is -2.33. The number of hydrogen-bond acceptors (Lipinski definition) is 3. The molecule has 0 aromatic heterocycles. The van der Waals surface area contributed by atoms with Gasteiger partial charge in [0.05, 0.1) is 0 Å². The monoisotopic (exact) mass is 230 g/mol. The van der Waals surface area contributed by atoms with Gasteiger partial charge in [0.25, 0.3) is 0 Å². The van der Waals surface area contributed by atoms with Crippen molar-refractivity contribution < 1.29 is 0 Å². The molecule has 0 bridgehead atoms. The smallest absolute Gasteiger partial charge is 0.00694 e. The molecule has 0 aromatic carbocycles. The highest BCUT2D eigenvalue weighted by atomic mass is 32.2. The maximum atomic E-state index is 3.38. The van der Waals surface area contributed by atoms with Gasteiger partial charge in [-0.05, 0) is 38.6 Å². The zero-order chi connectivity index (χ0) is 11.1. The lowest BCUT2D eigenvalue weighted by Crippen LogP contribution is -2.41. The maximum absolute atomic E-state index is 3.38. The third-order valence-corrected chi connectivity index (χ3v) is 4.09. The molecule has 0 aliphatic heterocycles. The highest BCUT2D eigenvalue weighted by molar-refractivity contribution is 7.98. The van der Waals surface area contributed by atoms with Crippen molar-refractivity contribution in [2.45, 2.75) is 25.7 Å². The van der Waals surface area contributed by atoms with Crippen LogP contribution in [0.4, 0.5) is 0 Å². The van der Waals surface area contributed by atoms with E-state index in [9.17, 15) is 0 Å². The lowest BCUT2D eigenvalue weighted by atomic mass is 9.85. The van der Waals surface area contributed by atoms with Gasteiger partial charge in [-0.25, -0.2) is 0 Å². The van der Waals surface area contributed by atoms with Crippen LogP contribution >= 0.6 is 11.8 Å². The summed E-state index contributed by atoms with van der Waals surface area (Å²) in [6.45, 7) is 3.69. The summed E-state index contributed by atoms with van der Waals surface area (Å²) < 4.78 is 0. The Hall–Kier alpha value is 0.270. The summed E-state index contributed by atoms with van der Waals surface area (Å²) in [5, 5.41) is 3.38. The lowest BCUT2D eigenvalue weighted by molar-refractivity contribution is 0.182. The molecule has 1 aliphatic rings. The van der Waals surface area contributed by atoms with E-state index >= 15 is 0 Å². The summed E-state index contributed by atoms with van der Waals surface area (Å²) in [7, 11) is 4.36. The Morgan fingerprint density at radius 2 is 2.00 bits per heavy atom. The quantitative estimate of drug-likeness (QED) is 0.721. The molecule has 0 amide bonds. The number of hydrogen-bond donors (Lipinski definition) is 1. The minimum atomic E-state index is 0.571. The molecule has 0 atom stereocenters. The predicted octanol–water partition coefficient (Wildman–Crippen LogP) is 2.06. The van der Waals surface area contributed by atoms with Gasteiger partial charge in [0, 0.05) is 25.4 Å². The summed E-state index contributed by atoms with van der Waals surface area (Å²) >= 11 is 1.94. The average Bonchev–Trinajstić information content (AvgIpc) is 2.64. The molecule has 90 valence electrons. The Morgan fingerprint density at radius 3 is 2.53 bits per heavy atom. The van der Waals surface area contributed by atoms with E-state index in [1.54, 1.807) is 0 Å². The van der Waals surface area contributed by atoms with Crippen molar-refractivity contribution in [1.82, 2.24) is 10.2 Å². The first-order valence-electron chi connectivity index (χ1n) is 6.04. The van der Waals surface area contributed by atoms with Crippen molar-refractivity contribution in [1.29, 1.82) is 0 Å². The van der Waals surface area contributed by atoms with Gasteiger partial charge in [-0.1, -0.05) is 12.8 Å². The molecular weight excluding hydrogens is 204 g/mol. The topological polar surface area (TPSA) is 15.3 Å². The number of nitrogens with zero attached hydrogens (tertiary/aromatic N) is 1. The number of thioether (sulfide) groups is 1. The van der Waals surface area contributed by atoms with Crippen molar-refractivity contribution in [3.05, 3.63) is 0 Å². The summed E-state index contributed by atoms with van der Waals surface area (Å²) in [6, 6.07) is 0. The summed E-state index contributed by atoms with van der Waals surface area (Å²) in [4.78, 5) is 2.51. The van der Waals surface area contributed by atoms with Gasteiger partial charge in [-0.3, -0.25) is 0 Å². The van der Waals surface area contributed by atoms with Crippen LogP contribution in [-0.2, 0) is 0 Å². The predicted molar refractivity (Wildman–Crippen MR) is 70.7 cm³/mol. The number of nitrogens with one attached hydrogen (secondary N) is 1. The third kappa shape index (κ3) is 4.33. The molecule has 3 heteroatoms. The van der Waals surface area contributed by atoms with Crippen LogP contribution in [0.25, 0.3) is 0 Å². The second kappa shape index (κ2) is 6.77. The van der Waals surface area contributed by atoms with Gasteiger partial charge in [0.2, 0.25) is 0 Å². The van der Waals surface area contributed by atoms with Crippen LogP contribution in [0.5, 0.6) is 0 Å². The standard InChI is InChI=1S/C12H26N2S/c1-13-10-12(6-4-5-7-12)11-14(2)8-9-15-3/h13H,4-11H2,1-3H3. The van der Waals surface area contributed by atoms with Crippen molar-refractivity contribution in [2.75, 3.05) is 45.7 Å². The van der Waals surface area contributed by atoms with Gasteiger partial charge in [0.15, 0.2) is 0 Å². The molecule has 2 nitrogen and oxygen atoms in total. The molecule has 1 N–H and O–H groups in total. The number of rotatable bonds is 7. The molecule has 0 heterocycles. The second-order valence-corrected chi connectivity index (χ2v) is 5.95. The Bertz CT molecular complexity index is 167. The average molecular weight is 230 g/mol. The van der Waals surface area contributed by atoms with Crippen LogP contribution in [0.1, 0.15) is 25.7 Å². The Morgan fingerprint density at radius 1 is 1.33 bits per heavy atom.